The lowest BCUT2D eigenvalue weighted by molar-refractivity contribution is 0.299. The van der Waals surface area contributed by atoms with Crippen molar-refractivity contribution in [1.82, 2.24) is 4.57 Å². The number of aryl methyl sites for hydroxylation is 1. The first-order valence-corrected chi connectivity index (χ1v) is 5.88. The zero-order valence-corrected chi connectivity index (χ0v) is 9.85. The molecule has 0 saturated carbocycles. The average molecular weight is 225 g/mol. The summed E-state index contributed by atoms with van der Waals surface area (Å²) in [5.41, 5.74) is 3.69. The first-order chi connectivity index (χ1) is 8.31. The standard InChI is InChI=1S/C15H15NO/c1-16-14-5-3-2-4-12(14)13-10-11(8-9-17)6-7-15(13)16/h2-7,10,17H,8-9H2,1H3. The predicted octanol–water partition coefficient (Wildman–Crippen LogP) is 2.87. The van der Waals surface area contributed by atoms with Crippen molar-refractivity contribution >= 4 is 21.8 Å². The van der Waals surface area contributed by atoms with Crippen molar-refractivity contribution < 1.29 is 5.11 Å². The van der Waals surface area contributed by atoms with Gasteiger partial charge in [-0.1, -0.05) is 24.3 Å². The van der Waals surface area contributed by atoms with Crippen molar-refractivity contribution in [2.45, 2.75) is 6.42 Å². The zero-order valence-electron chi connectivity index (χ0n) is 9.85. The van der Waals surface area contributed by atoms with Crippen LogP contribution in [-0.2, 0) is 13.5 Å². The molecule has 0 saturated heterocycles. The Kier molecular flexibility index (Phi) is 2.37. The van der Waals surface area contributed by atoms with Gasteiger partial charge in [0.1, 0.15) is 0 Å². The Labute approximate surface area is 100 Å². The maximum Gasteiger partial charge on any atom is 0.0488 e. The summed E-state index contributed by atoms with van der Waals surface area (Å²) in [5.74, 6) is 0. The Morgan fingerprint density at radius 1 is 1.00 bits per heavy atom. The number of hydrogen-bond donors (Lipinski definition) is 1. The molecule has 2 nitrogen and oxygen atoms in total. The Morgan fingerprint density at radius 3 is 2.59 bits per heavy atom. The first-order valence-electron chi connectivity index (χ1n) is 5.88. The summed E-state index contributed by atoms with van der Waals surface area (Å²) in [4.78, 5) is 0. The third-order valence-corrected chi connectivity index (χ3v) is 3.38. The second-order valence-electron chi connectivity index (χ2n) is 4.40. The second-order valence-corrected chi connectivity index (χ2v) is 4.40. The SMILES string of the molecule is Cn1c2ccccc2c2cc(CCO)ccc21. The van der Waals surface area contributed by atoms with Crippen LogP contribution in [0.15, 0.2) is 42.5 Å². The molecule has 0 spiro atoms. The number of rotatable bonds is 2. The molecular formula is C15H15NO. The number of aromatic nitrogens is 1. The van der Waals surface area contributed by atoms with E-state index in [9.17, 15) is 0 Å². The highest BCUT2D eigenvalue weighted by atomic mass is 16.2. The van der Waals surface area contributed by atoms with Gasteiger partial charge >= 0.3 is 0 Å². The summed E-state index contributed by atoms with van der Waals surface area (Å²) in [6.45, 7) is 0.205. The van der Waals surface area contributed by atoms with Crippen LogP contribution in [0.1, 0.15) is 5.56 Å². The summed E-state index contributed by atoms with van der Waals surface area (Å²) in [6.07, 6.45) is 0.721. The summed E-state index contributed by atoms with van der Waals surface area (Å²) < 4.78 is 2.22. The summed E-state index contributed by atoms with van der Waals surface area (Å²) in [7, 11) is 2.09. The molecule has 1 aromatic heterocycles. The molecule has 2 aromatic carbocycles. The molecule has 0 unspecified atom stereocenters. The molecule has 0 aliphatic carbocycles. The van der Waals surface area contributed by atoms with E-state index >= 15 is 0 Å². The fourth-order valence-corrected chi connectivity index (χ4v) is 2.50. The van der Waals surface area contributed by atoms with Gasteiger partial charge in [-0.05, 0) is 30.2 Å². The molecule has 0 fully saturated rings. The van der Waals surface area contributed by atoms with Gasteiger partial charge in [0.05, 0.1) is 0 Å². The molecule has 0 atom stereocenters. The summed E-state index contributed by atoms with van der Waals surface area (Å²) in [5, 5.41) is 11.6. The normalized spacial score (nSPS) is 11.4. The quantitative estimate of drug-likeness (QED) is 0.712. The van der Waals surface area contributed by atoms with Crippen molar-refractivity contribution in [2.24, 2.45) is 7.05 Å². The van der Waals surface area contributed by atoms with Crippen LogP contribution in [-0.4, -0.2) is 16.3 Å². The van der Waals surface area contributed by atoms with E-state index in [4.69, 9.17) is 5.11 Å². The molecule has 1 N–H and O–H groups in total. The predicted molar refractivity (Wildman–Crippen MR) is 71.2 cm³/mol. The van der Waals surface area contributed by atoms with Crippen molar-refractivity contribution in [1.29, 1.82) is 0 Å². The number of fused-ring (bicyclic) bond motifs is 3. The van der Waals surface area contributed by atoms with Gasteiger partial charge in [0.15, 0.2) is 0 Å². The highest BCUT2D eigenvalue weighted by Gasteiger charge is 2.07. The van der Waals surface area contributed by atoms with E-state index in [2.05, 4.69) is 54.1 Å². The molecule has 17 heavy (non-hydrogen) atoms. The van der Waals surface area contributed by atoms with Crippen LogP contribution < -0.4 is 0 Å². The fourth-order valence-electron chi connectivity index (χ4n) is 2.50. The summed E-state index contributed by atoms with van der Waals surface area (Å²) >= 11 is 0. The van der Waals surface area contributed by atoms with Crippen molar-refractivity contribution in [3.63, 3.8) is 0 Å². The minimum absolute atomic E-state index is 0.205. The molecule has 0 amide bonds. The summed E-state index contributed by atoms with van der Waals surface area (Å²) in [6, 6.07) is 14.9. The van der Waals surface area contributed by atoms with Gasteiger partial charge in [-0.25, -0.2) is 0 Å². The molecule has 2 heteroatoms. The maximum atomic E-state index is 9.01. The van der Waals surface area contributed by atoms with E-state index in [0.717, 1.165) is 6.42 Å². The Hall–Kier alpha value is -1.80. The number of hydrogen-bond acceptors (Lipinski definition) is 1. The zero-order chi connectivity index (χ0) is 11.8. The van der Waals surface area contributed by atoms with Crippen LogP contribution >= 0.6 is 0 Å². The van der Waals surface area contributed by atoms with Crippen LogP contribution in [0, 0.1) is 0 Å². The Balaban J connectivity index is 2.38. The minimum atomic E-state index is 0.205. The van der Waals surface area contributed by atoms with E-state index in [1.165, 1.54) is 27.4 Å². The minimum Gasteiger partial charge on any atom is -0.396 e. The van der Waals surface area contributed by atoms with Crippen LogP contribution in [0.2, 0.25) is 0 Å². The largest absolute Gasteiger partial charge is 0.396 e. The molecule has 3 rings (SSSR count). The van der Waals surface area contributed by atoms with Gasteiger partial charge in [-0.3, -0.25) is 0 Å². The second kappa shape index (κ2) is 3.90. The number of aliphatic hydroxyl groups is 1. The lowest BCUT2D eigenvalue weighted by atomic mass is 10.1. The monoisotopic (exact) mass is 225 g/mol. The number of benzene rings is 2. The van der Waals surface area contributed by atoms with Gasteiger partial charge in [0.25, 0.3) is 0 Å². The molecule has 0 aliphatic heterocycles. The van der Waals surface area contributed by atoms with E-state index in [1.807, 2.05) is 0 Å². The highest BCUT2D eigenvalue weighted by molar-refractivity contribution is 6.08. The van der Waals surface area contributed by atoms with Gasteiger partial charge < -0.3 is 9.67 Å². The maximum absolute atomic E-state index is 9.01. The lowest BCUT2D eigenvalue weighted by Crippen LogP contribution is -1.90. The third-order valence-electron chi connectivity index (χ3n) is 3.38. The van der Waals surface area contributed by atoms with Gasteiger partial charge in [-0.15, -0.1) is 0 Å². The molecule has 0 aliphatic rings. The van der Waals surface area contributed by atoms with Crippen LogP contribution in [0.3, 0.4) is 0 Å². The van der Waals surface area contributed by atoms with E-state index in [-0.39, 0.29) is 6.61 Å². The molecular weight excluding hydrogens is 210 g/mol. The highest BCUT2D eigenvalue weighted by Crippen LogP contribution is 2.28. The Morgan fingerprint density at radius 2 is 1.76 bits per heavy atom. The number of para-hydroxylation sites is 1. The molecule has 3 aromatic rings. The van der Waals surface area contributed by atoms with E-state index in [1.54, 1.807) is 0 Å². The van der Waals surface area contributed by atoms with E-state index < -0.39 is 0 Å². The van der Waals surface area contributed by atoms with Crippen molar-refractivity contribution in [3.05, 3.63) is 48.0 Å². The number of aliphatic hydroxyl groups excluding tert-OH is 1. The smallest absolute Gasteiger partial charge is 0.0488 e. The van der Waals surface area contributed by atoms with Crippen LogP contribution in [0.5, 0.6) is 0 Å². The van der Waals surface area contributed by atoms with Crippen LogP contribution in [0.4, 0.5) is 0 Å². The van der Waals surface area contributed by atoms with E-state index in [0.29, 0.717) is 0 Å². The Bertz CT molecular complexity index is 682. The third kappa shape index (κ3) is 1.53. The van der Waals surface area contributed by atoms with Crippen molar-refractivity contribution in [2.75, 3.05) is 6.61 Å². The molecule has 0 radical (unpaired) electrons. The fraction of sp³-hybridized carbons (Fsp3) is 0.200. The van der Waals surface area contributed by atoms with Gasteiger partial charge in [0.2, 0.25) is 0 Å². The molecule has 1 heterocycles. The van der Waals surface area contributed by atoms with Gasteiger partial charge in [-0.2, -0.15) is 0 Å². The average Bonchev–Trinajstić information content (AvgIpc) is 2.65. The first kappa shape index (κ1) is 10.4. The molecule has 0 bridgehead atoms. The molecule has 86 valence electrons. The number of nitrogens with zero attached hydrogens (tertiary/aromatic N) is 1. The van der Waals surface area contributed by atoms with Crippen LogP contribution in [0.25, 0.3) is 21.8 Å². The van der Waals surface area contributed by atoms with Crippen molar-refractivity contribution in [3.8, 4) is 0 Å². The topological polar surface area (TPSA) is 25.2 Å². The lowest BCUT2D eigenvalue weighted by Gasteiger charge is -2.00. The van der Waals surface area contributed by atoms with Gasteiger partial charge in [0, 0.05) is 35.5 Å².